The van der Waals surface area contributed by atoms with Crippen LogP contribution in [0.5, 0.6) is 0 Å². The second-order valence-electron chi connectivity index (χ2n) is 7.85. The van der Waals surface area contributed by atoms with E-state index in [-0.39, 0.29) is 17.4 Å². The third-order valence-corrected chi connectivity index (χ3v) is 7.47. The lowest BCUT2D eigenvalue weighted by atomic mass is 10.1. The fraction of sp³-hybridized carbons (Fsp3) is 0.227. The monoisotopic (exact) mass is 469 g/mol. The van der Waals surface area contributed by atoms with Crippen LogP contribution >= 0.6 is 11.6 Å². The molecule has 3 heterocycles. The molecule has 0 spiro atoms. The van der Waals surface area contributed by atoms with Crippen LogP contribution in [0.2, 0.25) is 5.02 Å². The van der Waals surface area contributed by atoms with E-state index in [9.17, 15) is 13.2 Å². The van der Waals surface area contributed by atoms with Crippen LogP contribution in [0.4, 0.5) is 28.8 Å². The molecule has 0 aliphatic carbocycles. The molecule has 8 nitrogen and oxygen atoms in total. The average molecular weight is 470 g/mol. The van der Waals surface area contributed by atoms with Crippen molar-refractivity contribution in [3.8, 4) is 0 Å². The molecule has 10 heteroatoms. The van der Waals surface area contributed by atoms with Crippen molar-refractivity contribution in [1.29, 1.82) is 0 Å². The Labute approximate surface area is 190 Å². The molecule has 0 atom stereocenters. The maximum absolute atomic E-state index is 12.5. The Morgan fingerprint density at radius 3 is 2.66 bits per heavy atom. The van der Waals surface area contributed by atoms with Crippen LogP contribution in [-0.2, 0) is 26.1 Å². The smallest absolute Gasteiger partial charge is 0.229 e. The van der Waals surface area contributed by atoms with Crippen molar-refractivity contribution in [2.24, 2.45) is 0 Å². The number of hydrogen-bond acceptors (Lipinski definition) is 7. The number of nitrogens with zero attached hydrogens (tertiary/aromatic N) is 4. The molecule has 5 rings (SSSR count). The highest BCUT2D eigenvalue weighted by Gasteiger charge is 2.28. The number of fused-ring (bicyclic) bond motifs is 2. The van der Waals surface area contributed by atoms with Crippen LogP contribution in [0.3, 0.4) is 0 Å². The standard InChI is InChI=1S/C22H20ClN5O3S/c1-27-19-11-24-22(25-16-7-6-14-12-32(30,31)13-15(14)10-16)26-21(19)28(9-8-20(27)29)18-5-3-2-4-17(18)23/h2-7,10-11H,8-9,12-13H2,1H3,(H,24,25,26). The molecule has 0 bridgehead atoms. The molecule has 2 aromatic carbocycles. The fourth-order valence-electron chi connectivity index (χ4n) is 4.02. The van der Waals surface area contributed by atoms with Gasteiger partial charge in [0.25, 0.3) is 0 Å². The number of nitrogens with one attached hydrogen (secondary N) is 1. The number of benzene rings is 2. The first kappa shape index (κ1) is 20.7. The van der Waals surface area contributed by atoms with Gasteiger partial charge in [-0.15, -0.1) is 0 Å². The van der Waals surface area contributed by atoms with Crippen LogP contribution in [-0.4, -0.2) is 37.9 Å². The van der Waals surface area contributed by atoms with E-state index in [2.05, 4.69) is 10.3 Å². The molecule has 1 aromatic heterocycles. The van der Waals surface area contributed by atoms with Gasteiger partial charge in [0.1, 0.15) is 5.69 Å². The molecule has 0 radical (unpaired) electrons. The molecule has 0 unspecified atom stereocenters. The zero-order chi connectivity index (χ0) is 22.5. The Hall–Kier alpha value is -3.17. The highest BCUT2D eigenvalue weighted by molar-refractivity contribution is 7.90. The molecule has 3 aromatic rings. The molecule has 0 saturated heterocycles. The van der Waals surface area contributed by atoms with Crippen molar-refractivity contribution in [3.05, 3.63) is 64.8 Å². The number of rotatable bonds is 3. The number of carbonyl (C=O) groups excluding carboxylic acids is 1. The summed E-state index contributed by atoms with van der Waals surface area (Å²) in [4.78, 5) is 25.1. The van der Waals surface area contributed by atoms with Gasteiger partial charge in [0.15, 0.2) is 15.7 Å². The van der Waals surface area contributed by atoms with Crippen molar-refractivity contribution in [2.75, 3.05) is 28.7 Å². The summed E-state index contributed by atoms with van der Waals surface area (Å²) in [5, 5.41) is 3.72. The predicted octanol–water partition coefficient (Wildman–Crippen LogP) is 3.81. The Kier molecular flexibility index (Phi) is 5.02. The third-order valence-electron chi connectivity index (χ3n) is 5.65. The summed E-state index contributed by atoms with van der Waals surface area (Å²) in [7, 11) is -1.38. The van der Waals surface area contributed by atoms with Crippen molar-refractivity contribution in [2.45, 2.75) is 17.9 Å². The normalized spacial score (nSPS) is 17.0. The Bertz CT molecular complexity index is 1350. The SMILES string of the molecule is CN1C(=O)CCN(c2ccccc2Cl)c2nc(Nc3ccc4c(c3)CS(=O)(=O)C4)ncc21. The minimum atomic E-state index is -3.08. The fourth-order valence-corrected chi connectivity index (χ4v) is 5.85. The number of aromatic nitrogens is 2. The molecule has 32 heavy (non-hydrogen) atoms. The van der Waals surface area contributed by atoms with E-state index in [1.165, 1.54) is 0 Å². The molecule has 1 N–H and O–H groups in total. The van der Waals surface area contributed by atoms with E-state index in [0.29, 0.717) is 41.1 Å². The Morgan fingerprint density at radius 2 is 1.84 bits per heavy atom. The summed E-state index contributed by atoms with van der Waals surface area (Å²) in [5.74, 6) is 0.975. The van der Waals surface area contributed by atoms with E-state index in [0.717, 1.165) is 16.8 Å². The zero-order valence-electron chi connectivity index (χ0n) is 17.2. The van der Waals surface area contributed by atoms with E-state index < -0.39 is 9.84 Å². The minimum Gasteiger partial charge on any atom is -0.324 e. The van der Waals surface area contributed by atoms with Crippen LogP contribution in [0.15, 0.2) is 48.7 Å². The second-order valence-corrected chi connectivity index (χ2v) is 10.3. The third kappa shape index (κ3) is 3.78. The van der Waals surface area contributed by atoms with Gasteiger partial charge in [-0.2, -0.15) is 4.98 Å². The van der Waals surface area contributed by atoms with Crippen LogP contribution < -0.4 is 15.1 Å². The predicted molar refractivity (Wildman–Crippen MR) is 125 cm³/mol. The molecule has 2 aliphatic heterocycles. The number of hydrogen-bond donors (Lipinski definition) is 1. The summed E-state index contributed by atoms with van der Waals surface area (Å²) in [6, 6.07) is 12.9. The van der Waals surface area contributed by atoms with Crippen molar-refractivity contribution >= 4 is 56.2 Å². The van der Waals surface area contributed by atoms with Crippen LogP contribution in [0, 0.1) is 0 Å². The van der Waals surface area contributed by atoms with Crippen LogP contribution in [0.25, 0.3) is 0 Å². The van der Waals surface area contributed by atoms with Gasteiger partial charge >= 0.3 is 0 Å². The van der Waals surface area contributed by atoms with E-state index >= 15 is 0 Å². The van der Waals surface area contributed by atoms with Crippen molar-refractivity contribution in [3.63, 3.8) is 0 Å². The molecule has 1 amide bonds. The number of para-hydroxylation sites is 1. The highest BCUT2D eigenvalue weighted by atomic mass is 35.5. The first-order valence-electron chi connectivity index (χ1n) is 10.1. The van der Waals surface area contributed by atoms with Gasteiger partial charge < -0.3 is 15.1 Å². The average Bonchev–Trinajstić information content (AvgIpc) is 3.01. The lowest BCUT2D eigenvalue weighted by Crippen LogP contribution is -2.25. The lowest BCUT2D eigenvalue weighted by molar-refractivity contribution is -0.118. The van der Waals surface area contributed by atoms with Gasteiger partial charge in [0, 0.05) is 25.7 Å². The number of amides is 1. The summed E-state index contributed by atoms with van der Waals surface area (Å²) in [6.45, 7) is 0.424. The van der Waals surface area contributed by atoms with Gasteiger partial charge in [-0.05, 0) is 35.4 Å². The molecular formula is C22H20ClN5O3S. The molecule has 0 fully saturated rings. The summed E-state index contributed by atoms with van der Waals surface area (Å²) >= 11 is 6.45. The Morgan fingerprint density at radius 1 is 1.06 bits per heavy atom. The van der Waals surface area contributed by atoms with Gasteiger partial charge in [0.2, 0.25) is 11.9 Å². The van der Waals surface area contributed by atoms with E-state index in [4.69, 9.17) is 16.6 Å². The quantitative estimate of drug-likeness (QED) is 0.623. The largest absolute Gasteiger partial charge is 0.324 e. The Balaban J connectivity index is 1.53. The molecule has 2 aliphatic rings. The second kappa shape index (κ2) is 7.75. The van der Waals surface area contributed by atoms with Gasteiger partial charge in [-0.1, -0.05) is 29.8 Å². The van der Waals surface area contributed by atoms with Gasteiger partial charge in [-0.3, -0.25) is 4.79 Å². The maximum Gasteiger partial charge on any atom is 0.229 e. The number of halogens is 1. The zero-order valence-corrected chi connectivity index (χ0v) is 18.8. The van der Waals surface area contributed by atoms with Crippen molar-refractivity contribution in [1.82, 2.24) is 9.97 Å². The van der Waals surface area contributed by atoms with E-state index in [1.807, 2.05) is 41.3 Å². The summed E-state index contributed by atoms with van der Waals surface area (Å²) in [6.07, 6.45) is 1.91. The lowest BCUT2D eigenvalue weighted by Gasteiger charge is -2.25. The van der Waals surface area contributed by atoms with Gasteiger partial charge in [0.05, 0.1) is 28.4 Å². The van der Waals surface area contributed by atoms with Crippen LogP contribution in [0.1, 0.15) is 17.5 Å². The highest BCUT2D eigenvalue weighted by Crippen LogP contribution is 2.38. The number of sulfone groups is 1. The van der Waals surface area contributed by atoms with E-state index in [1.54, 1.807) is 24.2 Å². The van der Waals surface area contributed by atoms with Gasteiger partial charge in [-0.25, -0.2) is 13.4 Å². The first-order valence-corrected chi connectivity index (χ1v) is 12.3. The molecule has 164 valence electrons. The summed E-state index contributed by atoms with van der Waals surface area (Å²) < 4.78 is 23.8. The minimum absolute atomic E-state index is 0.0371. The summed E-state index contributed by atoms with van der Waals surface area (Å²) in [5.41, 5.74) is 3.64. The maximum atomic E-state index is 12.5. The van der Waals surface area contributed by atoms with Crippen molar-refractivity contribution < 1.29 is 13.2 Å². The molecule has 0 saturated carbocycles. The first-order chi connectivity index (χ1) is 15.3. The number of anilines is 5. The number of carbonyl (C=O) groups is 1. The molecular weight excluding hydrogens is 450 g/mol. The topological polar surface area (TPSA) is 95.5 Å².